The van der Waals surface area contributed by atoms with Crippen molar-refractivity contribution in [2.75, 3.05) is 11.1 Å². The van der Waals surface area contributed by atoms with E-state index in [-0.39, 0.29) is 23.5 Å². The Balaban J connectivity index is 1.56. The summed E-state index contributed by atoms with van der Waals surface area (Å²) in [4.78, 5) is 24.7. The van der Waals surface area contributed by atoms with E-state index in [1.165, 1.54) is 29.2 Å². The van der Waals surface area contributed by atoms with Gasteiger partial charge in [-0.1, -0.05) is 43.4 Å². The Kier molecular flexibility index (Phi) is 5.87. The Hall–Kier alpha value is -2.00. The molecule has 2 atom stereocenters. The molecule has 0 aliphatic carbocycles. The number of nitrogens with zero attached hydrogens (tertiary/aromatic N) is 2. The van der Waals surface area contributed by atoms with Crippen molar-refractivity contribution in [3.63, 3.8) is 0 Å². The van der Waals surface area contributed by atoms with Gasteiger partial charge in [0, 0.05) is 11.7 Å². The van der Waals surface area contributed by atoms with Gasteiger partial charge < -0.3 is 5.32 Å². The number of carbonyl (C=O) groups excluding carboxylic acids is 2. The fourth-order valence-electron chi connectivity index (χ4n) is 2.46. The molecule has 0 radical (unpaired) electrons. The van der Waals surface area contributed by atoms with E-state index in [1.54, 1.807) is 18.2 Å². The SMILES string of the molecule is CC(C)c1nnc(NC(=O)[C@H]2CS[C@@H](Cc3ccccc3F)C(=O)N2)s1. The second-order valence-corrected chi connectivity index (χ2v) is 8.51. The van der Waals surface area contributed by atoms with Crippen LogP contribution in [0.15, 0.2) is 24.3 Å². The number of carbonyl (C=O) groups is 2. The third-order valence-electron chi connectivity index (χ3n) is 3.92. The highest BCUT2D eigenvalue weighted by Crippen LogP contribution is 2.25. The van der Waals surface area contributed by atoms with Crippen LogP contribution < -0.4 is 10.6 Å². The molecule has 0 bridgehead atoms. The minimum Gasteiger partial charge on any atom is -0.343 e. The van der Waals surface area contributed by atoms with Gasteiger partial charge in [-0.15, -0.1) is 22.0 Å². The van der Waals surface area contributed by atoms with E-state index in [0.29, 0.717) is 22.9 Å². The van der Waals surface area contributed by atoms with Gasteiger partial charge in [0.25, 0.3) is 0 Å². The first kappa shape index (κ1) is 18.8. The van der Waals surface area contributed by atoms with Crippen LogP contribution in [0.4, 0.5) is 9.52 Å². The molecule has 9 heteroatoms. The Labute approximate surface area is 159 Å². The number of rotatable bonds is 5. The van der Waals surface area contributed by atoms with Crippen molar-refractivity contribution in [1.82, 2.24) is 15.5 Å². The molecule has 0 spiro atoms. The number of halogens is 1. The molecule has 1 aliphatic rings. The van der Waals surface area contributed by atoms with Crippen molar-refractivity contribution in [3.8, 4) is 0 Å². The first-order chi connectivity index (χ1) is 12.4. The quantitative estimate of drug-likeness (QED) is 0.814. The number of aromatic nitrogens is 2. The molecule has 2 heterocycles. The fourth-order valence-corrected chi connectivity index (χ4v) is 4.39. The maximum atomic E-state index is 13.8. The topological polar surface area (TPSA) is 84.0 Å². The molecule has 1 fully saturated rings. The predicted octanol–water partition coefficient (Wildman–Crippen LogP) is 2.58. The summed E-state index contributed by atoms with van der Waals surface area (Å²) >= 11 is 2.68. The van der Waals surface area contributed by atoms with E-state index in [4.69, 9.17) is 0 Å². The van der Waals surface area contributed by atoms with Crippen LogP contribution in [-0.4, -0.2) is 39.1 Å². The van der Waals surface area contributed by atoms with E-state index >= 15 is 0 Å². The van der Waals surface area contributed by atoms with E-state index in [2.05, 4.69) is 20.8 Å². The smallest absolute Gasteiger partial charge is 0.249 e. The molecule has 2 aromatic rings. The van der Waals surface area contributed by atoms with Crippen LogP contribution >= 0.6 is 23.1 Å². The molecule has 2 amide bonds. The highest BCUT2D eigenvalue weighted by molar-refractivity contribution is 8.00. The monoisotopic (exact) mass is 394 g/mol. The van der Waals surface area contributed by atoms with Gasteiger partial charge in [0.05, 0.1) is 5.25 Å². The van der Waals surface area contributed by atoms with Gasteiger partial charge in [0.2, 0.25) is 16.9 Å². The molecule has 6 nitrogen and oxygen atoms in total. The van der Waals surface area contributed by atoms with E-state index in [0.717, 1.165) is 5.01 Å². The number of benzene rings is 1. The minimum absolute atomic E-state index is 0.238. The van der Waals surface area contributed by atoms with E-state index < -0.39 is 11.3 Å². The van der Waals surface area contributed by atoms with Crippen LogP contribution in [0.1, 0.15) is 30.3 Å². The lowest BCUT2D eigenvalue weighted by Crippen LogP contribution is -2.52. The van der Waals surface area contributed by atoms with Crippen molar-refractivity contribution < 1.29 is 14.0 Å². The zero-order valence-electron chi connectivity index (χ0n) is 14.4. The second-order valence-electron chi connectivity index (χ2n) is 6.27. The fraction of sp³-hybridized carbons (Fsp3) is 0.412. The van der Waals surface area contributed by atoms with Gasteiger partial charge in [-0.25, -0.2) is 4.39 Å². The largest absolute Gasteiger partial charge is 0.343 e. The number of hydrogen-bond donors (Lipinski definition) is 2. The molecule has 2 N–H and O–H groups in total. The van der Waals surface area contributed by atoms with Crippen LogP contribution in [-0.2, 0) is 16.0 Å². The number of anilines is 1. The standard InChI is InChI=1S/C17H19FN4O2S2/c1-9(2)16-21-22-17(26-16)20-14(23)12-8-25-13(15(24)19-12)7-10-5-3-4-6-11(10)18/h3-6,9,12-13H,7-8H2,1-2H3,(H,19,24)(H,20,22,23)/t12-,13+/m1/s1. The number of hydrogen-bond acceptors (Lipinski definition) is 6. The molecular weight excluding hydrogens is 375 g/mol. The predicted molar refractivity (Wildman–Crippen MR) is 101 cm³/mol. The average molecular weight is 394 g/mol. The summed E-state index contributed by atoms with van der Waals surface area (Å²) in [5, 5.41) is 14.2. The molecule has 1 aliphatic heterocycles. The van der Waals surface area contributed by atoms with Crippen LogP contribution in [0.2, 0.25) is 0 Å². The van der Waals surface area contributed by atoms with Crippen LogP contribution in [0.5, 0.6) is 0 Å². The summed E-state index contributed by atoms with van der Waals surface area (Å²) in [5.41, 5.74) is 0.498. The number of thioether (sulfide) groups is 1. The molecule has 26 heavy (non-hydrogen) atoms. The van der Waals surface area contributed by atoms with Crippen LogP contribution in [0, 0.1) is 5.82 Å². The summed E-state index contributed by atoms with van der Waals surface area (Å²) in [6.45, 7) is 4.00. The second kappa shape index (κ2) is 8.13. The van der Waals surface area contributed by atoms with E-state index in [1.807, 2.05) is 13.8 Å². The number of amides is 2. The number of nitrogens with one attached hydrogen (secondary N) is 2. The first-order valence-electron chi connectivity index (χ1n) is 8.23. The van der Waals surface area contributed by atoms with Crippen molar-refractivity contribution in [3.05, 3.63) is 40.7 Å². The van der Waals surface area contributed by atoms with Gasteiger partial charge in [-0.2, -0.15) is 0 Å². The van der Waals surface area contributed by atoms with Crippen molar-refractivity contribution >= 4 is 40.0 Å². The molecule has 138 valence electrons. The summed E-state index contributed by atoms with van der Waals surface area (Å²) < 4.78 is 13.8. The zero-order chi connectivity index (χ0) is 18.7. The normalized spacial score (nSPS) is 20.1. The highest BCUT2D eigenvalue weighted by Gasteiger charge is 2.33. The van der Waals surface area contributed by atoms with Gasteiger partial charge in [0.15, 0.2) is 0 Å². The Morgan fingerprint density at radius 2 is 2.15 bits per heavy atom. The van der Waals surface area contributed by atoms with Gasteiger partial charge in [0.1, 0.15) is 16.9 Å². The minimum atomic E-state index is -0.643. The summed E-state index contributed by atoms with van der Waals surface area (Å²) in [7, 11) is 0. The molecule has 3 rings (SSSR count). The van der Waals surface area contributed by atoms with Crippen molar-refractivity contribution in [1.29, 1.82) is 0 Å². The lowest BCUT2D eigenvalue weighted by Gasteiger charge is -2.27. The maximum absolute atomic E-state index is 13.8. The molecule has 1 aromatic carbocycles. The molecule has 1 aromatic heterocycles. The summed E-state index contributed by atoms with van der Waals surface area (Å²) in [6, 6.07) is 5.77. The van der Waals surface area contributed by atoms with E-state index in [9.17, 15) is 14.0 Å². The van der Waals surface area contributed by atoms with Crippen molar-refractivity contribution in [2.24, 2.45) is 0 Å². The van der Waals surface area contributed by atoms with Gasteiger partial charge in [-0.05, 0) is 18.1 Å². The third kappa shape index (κ3) is 4.39. The highest BCUT2D eigenvalue weighted by atomic mass is 32.2. The Morgan fingerprint density at radius 3 is 2.81 bits per heavy atom. The lowest BCUT2D eigenvalue weighted by atomic mass is 10.1. The summed E-state index contributed by atoms with van der Waals surface area (Å²) in [5.74, 6) is -0.237. The molecule has 0 unspecified atom stereocenters. The van der Waals surface area contributed by atoms with Crippen LogP contribution in [0.25, 0.3) is 0 Å². The molecular formula is C17H19FN4O2S2. The van der Waals surface area contributed by atoms with Crippen LogP contribution in [0.3, 0.4) is 0 Å². The lowest BCUT2D eigenvalue weighted by molar-refractivity contribution is -0.126. The molecule has 0 saturated carbocycles. The Morgan fingerprint density at radius 1 is 1.38 bits per heavy atom. The Bertz CT molecular complexity index is 812. The third-order valence-corrected chi connectivity index (χ3v) is 6.37. The maximum Gasteiger partial charge on any atom is 0.249 e. The average Bonchev–Trinajstić information content (AvgIpc) is 3.07. The first-order valence-corrected chi connectivity index (χ1v) is 10.1. The molecule has 1 saturated heterocycles. The van der Waals surface area contributed by atoms with Gasteiger partial charge in [-0.3, -0.25) is 14.9 Å². The van der Waals surface area contributed by atoms with Gasteiger partial charge >= 0.3 is 0 Å². The summed E-state index contributed by atoms with van der Waals surface area (Å²) in [6.07, 6.45) is 0.297. The van der Waals surface area contributed by atoms with Crippen molar-refractivity contribution in [2.45, 2.75) is 37.5 Å². The zero-order valence-corrected chi connectivity index (χ0v) is 16.0.